The van der Waals surface area contributed by atoms with Crippen molar-refractivity contribution in [3.8, 4) is 11.1 Å². The number of aromatic nitrogens is 1. The van der Waals surface area contributed by atoms with Crippen molar-refractivity contribution in [1.29, 1.82) is 0 Å². The molecule has 0 atom stereocenters. The largest absolute Gasteiger partial charge is 0.362 e. The van der Waals surface area contributed by atoms with Gasteiger partial charge in [-0.3, -0.25) is 4.79 Å². The highest BCUT2D eigenvalue weighted by Gasteiger charge is 2.32. The van der Waals surface area contributed by atoms with Gasteiger partial charge in [-0.15, -0.1) is 0 Å². The SMILES string of the molecule is CN(C)c1ncc2ccc(Cl)cc2c1-c1ccccc1N1C(=O)CNC1=O. The number of fused-ring (bicyclic) bond motifs is 1. The third-order valence-corrected chi connectivity index (χ3v) is 4.75. The summed E-state index contributed by atoms with van der Waals surface area (Å²) in [4.78, 5) is 32.2. The van der Waals surface area contributed by atoms with E-state index >= 15 is 0 Å². The zero-order chi connectivity index (χ0) is 19.1. The first kappa shape index (κ1) is 17.3. The van der Waals surface area contributed by atoms with E-state index in [-0.39, 0.29) is 12.5 Å². The maximum absolute atomic E-state index is 12.3. The van der Waals surface area contributed by atoms with Crippen LogP contribution in [0.15, 0.2) is 48.7 Å². The fourth-order valence-corrected chi connectivity index (χ4v) is 3.50. The van der Waals surface area contributed by atoms with E-state index in [9.17, 15) is 9.59 Å². The van der Waals surface area contributed by atoms with Gasteiger partial charge in [0.15, 0.2) is 0 Å². The number of nitrogens with one attached hydrogen (secondary N) is 1. The minimum absolute atomic E-state index is 0.00663. The van der Waals surface area contributed by atoms with Crippen LogP contribution in [0.1, 0.15) is 0 Å². The summed E-state index contributed by atoms with van der Waals surface area (Å²) in [5.74, 6) is 0.439. The Balaban J connectivity index is 2.06. The van der Waals surface area contributed by atoms with Crippen LogP contribution in [-0.4, -0.2) is 37.6 Å². The first-order chi connectivity index (χ1) is 13.0. The van der Waals surface area contributed by atoms with Crippen LogP contribution in [0.4, 0.5) is 16.3 Å². The minimum Gasteiger partial charge on any atom is -0.362 e. The second kappa shape index (κ2) is 6.55. The fraction of sp³-hybridized carbons (Fsp3) is 0.150. The molecule has 2 aromatic carbocycles. The summed E-state index contributed by atoms with van der Waals surface area (Å²) >= 11 is 6.26. The number of hydrogen-bond acceptors (Lipinski definition) is 4. The quantitative estimate of drug-likeness (QED) is 0.704. The molecule has 4 rings (SSSR count). The number of pyridine rings is 1. The second-order valence-corrected chi connectivity index (χ2v) is 6.92. The molecular formula is C20H17ClN4O2. The van der Waals surface area contributed by atoms with Crippen LogP contribution >= 0.6 is 11.6 Å². The minimum atomic E-state index is -0.426. The monoisotopic (exact) mass is 380 g/mol. The van der Waals surface area contributed by atoms with Gasteiger partial charge in [-0.2, -0.15) is 0 Å². The van der Waals surface area contributed by atoms with Crippen LogP contribution in [0.5, 0.6) is 0 Å². The number of anilines is 2. The van der Waals surface area contributed by atoms with Crippen molar-refractivity contribution in [2.45, 2.75) is 0 Å². The van der Waals surface area contributed by atoms with Crippen LogP contribution in [0.3, 0.4) is 0 Å². The summed E-state index contributed by atoms with van der Waals surface area (Å²) in [7, 11) is 3.80. The van der Waals surface area contributed by atoms with Gasteiger partial charge in [-0.1, -0.05) is 35.9 Å². The van der Waals surface area contributed by atoms with E-state index in [0.29, 0.717) is 10.7 Å². The van der Waals surface area contributed by atoms with Crippen molar-refractivity contribution < 1.29 is 9.59 Å². The number of para-hydroxylation sites is 1. The normalized spacial score (nSPS) is 14.0. The fourth-order valence-electron chi connectivity index (χ4n) is 3.32. The molecule has 1 aromatic heterocycles. The van der Waals surface area contributed by atoms with Gasteiger partial charge in [-0.25, -0.2) is 14.7 Å². The number of carbonyl (C=O) groups is 2. The van der Waals surface area contributed by atoms with Gasteiger partial charge in [-0.05, 0) is 23.6 Å². The summed E-state index contributed by atoms with van der Waals surface area (Å²) < 4.78 is 0. The van der Waals surface area contributed by atoms with E-state index in [1.54, 1.807) is 18.3 Å². The lowest BCUT2D eigenvalue weighted by atomic mass is 9.97. The molecule has 1 N–H and O–H groups in total. The lowest BCUT2D eigenvalue weighted by Crippen LogP contribution is -2.31. The van der Waals surface area contributed by atoms with Crippen LogP contribution < -0.4 is 15.1 Å². The number of carbonyl (C=O) groups excluding carboxylic acids is 2. The third-order valence-electron chi connectivity index (χ3n) is 4.52. The average molecular weight is 381 g/mol. The van der Waals surface area contributed by atoms with Gasteiger partial charge in [0.05, 0.1) is 12.2 Å². The number of urea groups is 1. The van der Waals surface area contributed by atoms with Crippen molar-refractivity contribution in [3.63, 3.8) is 0 Å². The Morgan fingerprint density at radius 1 is 1.15 bits per heavy atom. The molecule has 3 aromatic rings. The van der Waals surface area contributed by atoms with Crippen molar-refractivity contribution in [2.75, 3.05) is 30.4 Å². The molecule has 1 aliphatic rings. The number of halogens is 1. The molecule has 0 spiro atoms. The topological polar surface area (TPSA) is 65.5 Å². The predicted molar refractivity (Wildman–Crippen MR) is 107 cm³/mol. The van der Waals surface area contributed by atoms with E-state index in [0.717, 1.165) is 27.7 Å². The maximum atomic E-state index is 12.3. The molecule has 1 aliphatic heterocycles. The van der Waals surface area contributed by atoms with Gasteiger partial charge in [0, 0.05) is 41.8 Å². The van der Waals surface area contributed by atoms with E-state index in [4.69, 9.17) is 11.6 Å². The standard InChI is InChI=1S/C20H17ClN4O2/c1-24(2)19-18(15-9-13(21)8-7-12(15)10-22-19)14-5-3-4-6-16(14)25-17(26)11-23-20(25)27/h3-10H,11H2,1-2H3,(H,23,27). The summed E-state index contributed by atoms with van der Waals surface area (Å²) in [5.41, 5.74) is 2.09. The number of nitrogens with zero attached hydrogens (tertiary/aromatic N) is 3. The molecule has 6 nitrogen and oxygen atoms in total. The summed E-state index contributed by atoms with van der Waals surface area (Å²) in [6.07, 6.45) is 1.79. The molecule has 0 unspecified atom stereocenters. The highest BCUT2D eigenvalue weighted by molar-refractivity contribution is 6.31. The van der Waals surface area contributed by atoms with E-state index < -0.39 is 6.03 Å². The Hall–Kier alpha value is -3.12. The van der Waals surface area contributed by atoms with E-state index in [2.05, 4.69) is 10.3 Å². The van der Waals surface area contributed by atoms with Gasteiger partial charge in [0.25, 0.3) is 5.91 Å². The molecule has 1 fully saturated rings. The number of hydrogen-bond donors (Lipinski definition) is 1. The Morgan fingerprint density at radius 2 is 1.93 bits per heavy atom. The van der Waals surface area contributed by atoms with Crippen LogP contribution in [0, 0.1) is 0 Å². The lowest BCUT2D eigenvalue weighted by Gasteiger charge is -2.22. The number of imide groups is 1. The Morgan fingerprint density at radius 3 is 2.63 bits per heavy atom. The average Bonchev–Trinajstić information content (AvgIpc) is 2.99. The summed E-state index contributed by atoms with van der Waals surface area (Å²) in [6, 6.07) is 12.5. The second-order valence-electron chi connectivity index (χ2n) is 6.49. The molecule has 0 bridgehead atoms. The number of benzene rings is 2. The molecule has 0 aliphatic carbocycles. The first-order valence-corrected chi connectivity index (χ1v) is 8.81. The predicted octanol–water partition coefficient (Wildman–Crippen LogP) is 3.68. The van der Waals surface area contributed by atoms with Gasteiger partial charge < -0.3 is 10.2 Å². The highest BCUT2D eigenvalue weighted by atomic mass is 35.5. The third kappa shape index (κ3) is 2.88. The number of rotatable bonds is 3. The van der Waals surface area contributed by atoms with Gasteiger partial charge >= 0.3 is 6.03 Å². The van der Waals surface area contributed by atoms with Crippen LogP contribution in [-0.2, 0) is 4.79 Å². The molecule has 3 amide bonds. The zero-order valence-corrected chi connectivity index (χ0v) is 15.6. The van der Waals surface area contributed by atoms with Crippen LogP contribution in [0.2, 0.25) is 5.02 Å². The molecule has 0 radical (unpaired) electrons. The maximum Gasteiger partial charge on any atom is 0.329 e. The highest BCUT2D eigenvalue weighted by Crippen LogP contribution is 2.41. The van der Waals surface area contributed by atoms with Crippen molar-refractivity contribution in [2.24, 2.45) is 0 Å². The van der Waals surface area contributed by atoms with E-state index in [1.807, 2.05) is 49.3 Å². The number of amides is 3. The Labute approximate surface area is 161 Å². The Kier molecular flexibility index (Phi) is 4.20. The molecule has 1 saturated heterocycles. The summed E-state index contributed by atoms with van der Waals surface area (Å²) in [5, 5.41) is 5.00. The molecule has 136 valence electrons. The van der Waals surface area contributed by atoms with Crippen molar-refractivity contribution >= 4 is 45.8 Å². The van der Waals surface area contributed by atoms with E-state index in [1.165, 1.54) is 4.90 Å². The molecule has 7 heteroatoms. The molecule has 2 heterocycles. The zero-order valence-electron chi connectivity index (χ0n) is 14.9. The van der Waals surface area contributed by atoms with Gasteiger partial charge in [0.1, 0.15) is 5.82 Å². The smallest absolute Gasteiger partial charge is 0.329 e. The van der Waals surface area contributed by atoms with Crippen molar-refractivity contribution in [1.82, 2.24) is 10.3 Å². The van der Waals surface area contributed by atoms with Crippen molar-refractivity contribution in [3.05, 3.63) is 53.7 Å². The molecule has 27 heavy (non-hydrogen) atoms. The molecule has 0 saturated carbocycles. The summed E-state index contributed by atoms with van der Waals surface area (Å²) in [6.45, 7) is -0.00663. The molecular weight excluding hydrogens is 364 g/mol. The van der Waals surface area contributed by atoms with Crippen LogP contribution in [0.25, 0.3) is 21.9 Å². The Bertz CT molecular complexity index is 1060. The first-order valence-electron chi connectivity index (χ1n) is 8.43. The lowest BCUT2D eigenvalue weighted by molar-refractivity contribution is -0.115. The van der Waals surface area contributed by atoms with Gasteiger partial charge in [0.2, 0.25) is 0 Å².